The Morgan fingerprint density at radius 2 is 1.87 bits per heavy atom. The van der Waals surface area contributed by atoms with Gasteiger partial charge >= 0.3 is 5.97 Å². The summed E-state index contributed by atoms with van der Waals surface area (Å²) < 4.78 is 6.95. The predicted molar refractivity (Wildman–Crippen MR) is 122 cm³/mol. The van der Waals surface area contributed by atoms with Crippen LogP contribution < -0.4 is 5.56 Å². The fourth-order valence-corrected chi connectivity index (χ4v) is 4.55. The maximum absolute atomic E-state index is 13.5. The minimum atomic E-state index is -1.14. The van der Waals surface area contributed by atoms with Gasteiger partial charge in [0.05, 0.1) is 11.9 Å². The number of aryl methyl sites for hydroxylation is 1. The fourth-order valence-electron chi connectivity index (χ4n) is 3.60. The summed E-state index contributed by atoms with van der Waals surface area (Å²) in [7, 11) is 0. The number of rotatable bonds is 5. The molecule has 4 rings (SSSR count). The van der Waals surface area contributed by atoms with Crippen LogP contribution >= 0.6 is 11.3 Å². The van der Waals surface area contributed by atoms with E-state index in [4.69, 9.17) is 14.5 Å². The van der Waals surface area contributed by atoms with Gasteiger partial charge in [0.25, 0.3) is 5.56 Å². The minimum Gasteiger partial charge on any atom is -0.475 e. The molecule has 0 spiro atoms. The highest BCUT2D eigenvalue weighted by molar-refractivity contribution is 7.17. The molecule has 0 bridgehead atoms. The third-order valence-corrected chi connectivity index (χ3v) is 6.21. The zero-order valence-electron chi connectivity index (χ0n) is 17.9. The maximum Gasteiger partial charge on any atom is 0.371 e. The molecule has 160 valence electrons. The normalized spacial score (nSPS) is 11.9. The second-order valence-corrected chi connectivity index (χ2v) is 9.36. The molecule has 0 fully saturated rings. The number of aromatic carboxylic acids is 1. The molecule has 0 saturated carbocycles. The van der Waals surface area contributed by atoms with Gasteiger partial charge in [-0.25, -0.2) is 9.78 Å². The van der Waals surface area contributed by atoms with Crippen molar-refractivity contribution in [1.29, 1.82) is 0 Å². The summed E-state index contributed by atoms with van der Waals surface area (Å²) in [5.74, 6) is -0.240. The van der Waals surface area contributed by atoms with E-state index in [-0.39, 0.29) is 23.3 Å². The Bertz CT molecular complexity index is 1320. The molecule has 0 saturated heterocycles. The summed E-state index contributed by atoms with van der Waals surface area (Å²) >= 11 is 1.46. The lowest BCUT2D eigenvalue weighted by molar-refractivity contribution is 0.0660. The third kappa shape index (κ3) is 3.93. The SMILES string of the molecule is CCc1nc2scc(-c3ccc(C(C)(C)C)cc3)c2c(=O)n1Cc1ccc(C(=O)O)o1. The first-order valence-corrected chi connectivity index (χ1v) is 11.0. The zero-order chi connectivity index (χ0) is 22.3. The zero-order valence-corrected chi connectivity index (χ0v) is 18.7. The van der Waals surface area contributed by atoms with E-state index in [9.17, 15) is 9.59 Å². The van der Waals surface area contributed by atoms with Gasteiger partial charge in [0, 0.05) is 17.4 Å². The maximum atomic E-state index is 13.5. The predicted octanol–water partition coefficient (Wildman–Crippen LogP) is 5.32. The fraction of sp³-hybridized carbons (Fsp3) is 0.292. The number of hydrogen-bond acceptors (Lipinski definition) is 5. The number of carbonyl (C=O) groups is 1. The Labute approximate surface area is 183 Å². The van der Waals surface area contributed by atoms with Crippen LogP contribution in [0, 0.1) is 0 Å². The van der Waals surface area contributed by atoms with E-state index < -0.39 is 5.97 Å². The van der Waals surface area contributed by atoms with Crippen molar-refractivity contribution in [3.05, 3.63) is 75.0 Å². The molecule has 0 radical (unpaired) electrons. The molecule has 0 unspecified atom stereocenters. The number of furan rings is 1. The number of thiophene rings is 1. The van der Waals surface area contributed by atoms with Crippen molar-refractivity contribution in [2.75, 3.05) is 0 Å². The van der Waals surface area contributed by atoms with Crippen molar-refractivity contribution in [3.8, 4) is 11.1 Å². The van der Waals surface area contributed by atoms with Gasteiger partial charge in [-0.05, 0) is 28.7 Å². The van der Waals surface area contributed by atoms with Gasteiger partial charge in [-0.1, -0.05) is 52.0 Å². The summed E-state index contributed by atoms with van der Waals surface area (Å²) in [4.78, 5) is 30.0. The number of benzene rings is 1. The second-order valence-electron chi connectivity index (χ2n) is 8.50. The van der Waals surface area contributed by atoms with Crippen LogP contribution in [0.25, 0.3) is 21.3 Å². The van der Waals surface area contributed by atoms with Gasteiger partial charge in [0.15, 0.2) is 0 Å². The van der Waals surface area contributed by atoms with Crippen LogP contribution in [-0.4, -0.2) is 20.6 Å². The molecule has 0 aliphatic rings. The van der Waals surface area contributed by atoms with Crippen molar-refractivity contribution in [1.82, 2.24) is 9.55 Å². The topological polar surface area (TPSA) is 85.3 Å². The van der Waals surface area contributed by atoms with E-state index in [1.807, 2.05) is 24.4 Å². The molecule has 0 aliphatic heterocycles. The van der Waals surface area contributed by atoms with E-state index in [0.717, 1.165) is 11.1 Å². The Kier molecular flexibility index (Phi) is 5.31. The van der Waals surface area contributed by atoms with Crippen LogP contribution in [0.2, 0.25) is 0 Å². The van der Waals surface area contributed by atoms with Gasteiger partial charge < -0.3 is 9.52 Å². The van der Waals surface area contributed by atoms with Gasteiger partial charge in [-0.2, -0.15) is 0 Å². The average molecular weight is 437 g/mol. The number of hydrogen-bond donors (Lipinski definition) is 1. The van der Waals surface area contributed by atoms with E-state index in [2.05, 4.69) is 32.9 Å². The standard InChI is InChI=1S/C24H24N2O4S/c1-5-19-25-21-20(22(27)26(19)12-16-10-11-18(30-16)23(28)29)17(13-31-21)14-6-8-15(9-7-14)24(2,3)4/h6-11,13H,5,12H2,1-4H3,(H,28,29). The lowest BCUT2D eigenvalue weighted by atomic mass is 9.86. The number of fused-ring (bicyclic) bond motifs is 1. The number of nitrogens with zero attached hydrogens (tertiary/aromatic N) is 2. The quantitative estimate of drug-likeness (QED) is 0.457. The molecule has 7 heteroatoms. The van der Waals surface area contributed by atoms with Crippen LogP contribution in [0.5, 0.6) is 0 Å². The van der Waals surface area contributed by atoms with Crippen molar-refractivity contribution in [2.45, 2.75) is 46.1 Å². The molecule has 0 atom stereocenters. The lowest BCUT2D eigenvalue weighted by Crippen LogP contribution is -2.25. The van der Waals surface area contributed by atoms with E-state index >= 15 is 0 Å². The molecule has 3 aromatic heterocycles. The highest BCUT2D eigenvalue weighted by atomic mass is 32.1. The monoisotopic (exact) mass is 436 g/mol. The van der Waals surface area contributed by atoms with E-state index in [1.54, 1.807) is 10.6 Å². The summed E-state index contributed by atoms with van der Waals surface area (Å²) in [5, 5.41) is 11.6. The molecule has 3 heterocycles. The van der Waals surface area contributed by atoms with Crippen molar-refractivity contribution >= 4 is 27.5 Å². The minimum absolute atomic E-state index is 0.0530. The molecule has 6 nitrogen and oxygen atoms in total. The molecule has 0 aliphatic carbocycles. The van der Waals surface area contributed by atoms with Crippen LogP contribution in [0.3, 0.4) is 0 Å². The first kappa shape index (κ1) is 21.1. The van der Waals surface area contributed by atoms with E-state index in [0.29, 0.717) is 28.2 Å². The number of carboxylic acid groups (broad SMARTS) is 1. The third-order valence-electron chi connectivity index (χ3n) is 5.34. The Hall–Kier alpha value is -3.19. The molecule has 0 amide bonds. The summed E-state index contributed by atoms with van der Waals surface area (Å²) in [5.41, 5.74) is 2.97. The Morgan fingerprint density at radius 1 is 1.16 bits per heavy atom. The molecular weight excluding hydrogens is 412 g/mol. The highest BCUT2D eigenvalue weighted by Crippen LogP contribution is 2.33. The van der Waals surface area contributed by atoms with Crippen LogP contribution in [0.1, 0.15) is 55.4 Å². The summed E-state index contributed by atoms with van der Waals surface area (Å²) in [6, 6.07) is 11.3. The molecule has 1 aromatic carbocycles. The largest absolute Gasteiger partial charge is 0.475 e. The molecule has 31 heavy (non-hydrogen) atoms. The first-order valence-electron chi connectivity index (χ1n) is 10.1. The van der Waals surface area contributed by atoms with Crippen LogP contribution in [-0.2, 0) is 18.4 Å². The smallest absolute Gasteiger partial charge is 0.371 e. The number of aromatic nitrogens is 2. The van der Waals surface area contributed by atoms with Crippen molar-refractivity contribution in [3.63, 3.8) is 0 Å². The second kappa shape index (κ2) is 7.81. The van der Waals surface area contributed by atoms with E-state index in [1.165, 1.54) is 23.0 Å². The van der Waals surface area contributed by atoms with Gasteiger partial charge in [0.1, 0.15) is 16.4 Å². The van der Waals surface area contributed by atoms with Gasteiger partial charge in [-0.3, -0.25) is 9.36 Å². The Balaban J connectivity index is 1.82. The average Bonchev–Trinajstić information content (AvgIpc) is 3.36. The van der Waals surface area contributed by atoms with Crippen LogP contribution in [0.4, 0.5) is 0 Å². The van der Waals surface area contributed by atoms with Gasteiger partial charge in [0.2, 0.25) is 5.76 Å². The molecule has 1 N–H and O–H groups in total. The summed E-state index contributed by atoms with van der Waals surface area (Å²) in [6.07, 6.45) is 0.575. The number of carboxylic acids is 1. The highest BCUT2D eigenvalue weighted by Gasteiger charge is 2.19. The molecular formula is C24H24N2O4S. The first-order chi connectivity index (χ1) is 14.7. The van der Waals surface area contributed by atoms with Crippen molar-refractivity contribution < 1.29 is 14.3 Å². The van der Waals surface area contributed by atoms with Crippen LogP contribution in [0.15, 0.2) is 51.0 Å². The Morgan fingerprint density at radius 3 is 2.45 bits per heavy atom. The lowest BCUT2D eigenvalue weighted by Gasteiger charge is -2.19. The van der Waals surface area contributed by atoms with Gasteiger partial charge in [-0.15, -0.1) is 11.3 Å². The molecule has 4 aromatic rings. The van der Waals surface area contributed by atoms with Crippen molar-refractivity contribution in [2.24, 2.45) is 0 Å². The summed E-state index contributed by atoms with van der Waals surface area (Å²) in [6.45, 7) is 8.58.